The van der Waals surface area contributed by atoms with E-state index in [2.05, 4.69) is 22.2 Å². The lowest BCUT2D eigenvalue weighted by Gasteiger charge is -2.20. The van der Waals surface area contributed by atoms with E-state index >= 15 is 0 Å². The third-order valence-electron chi connectivity index (χ3n) is 4.17. The largest absolute Gasteiger partial charge is 0.347 e. The zero-order chi connectivity index (χ0) is 18.7. The van der Waals surface area contributed by atoms with Crippen molar-refractivity contribution in [3.8, 4) is 0 Å². The molecular formula is C19H17F4N3. The second kappa shape index (κ2) is 7.59. The van der Waals surface area contributed by atoms with Crippen molar-refractivity contribution >= 4 is 5.96 Å². The quantitative estimate of drug-likeness (QED) is 0.626. The summed E-state index contributed by atoms with van der Waals surface area (Å²) in [6, 6.07) is 8.52. The first kappa shape index (κ1) is 18.0. The number of hydrogen-bond acceptors (Lipinski definition) is 1. The molecule has 0 bridgehead atoms. The summed E-state index contributed by atoms with van der Waals surface area (Å²) in [5.41, 5.74) is 1.08. The molecule has 0 spiro atoms. The van der Waals surface area contributed by atoms with E-state index in [1.807, 2.05) is 0 Å². The lowest BCUT2D eigenvalue weighted by Crippen LogP contribution is -2.31. The van der Waals surface area contributed by atoms with Gasteiger partial charge in [0, 0.05) is 5.56 Å². The molecule has 0 aliphatic carbocycles. The molecule has 1 aliphatic rings. The summed E-state index contributed by atoms with van der Waals surface area (Å²) in [6.07, 6.45) is 0. The Bertz CT molecular complexity index is 850. The normalized spacial score (nSPS) is 20.7. The molecule has 2 aromatic rings. The van der Waals surface area contributed by atoms with Gasteiger partial charge in [-0.1, -0.05) is 30.8 Å². The van der Waals surface area contributed by atoms with E-state index in [4.69, 9.17) is 0 Å². The number of halogens is 4. The maximum absolute atomic E-state index is 14.1. The van der Waals surface area contributed by atoms with Crippen LogP contribution in [0.15, 0.2) is 59.6 Å². The van der Waals surface area contributed by atoms with Gasteiger partial charge in [-0.15, -0.1) is 0 Å². The number of aliphatic imine (C=N–C) groups is 1. The highest BCUT2D eigenvalue weighted by Crippen LogP contribution is 2.27. The van der Waals surface area contributed by atoms with Crippen molar-refractivity contribution in [3.05, 3.63) is 83.2 Å². The fourth-order valence-electron chi connectivity index (χ4n) is 2.81. The molecule has 0 unspecified atom stereocenters. The molecule has 26 heavy (non-hydrogen) atoms. The van der Waals surface area contributed by atoms with Crippen molar-refractivity contribution in [1.29, 1.82) is 0 Å². The first-order valence-electron chi connectivity index (χ1n) is 7.99. The summed E-state index contributed by atoms with van der Waals surface area (Å²) in [4.78, 5) is 4.26. The maximum Gasteiger partial charge on any atom is 0.192 e. The van der Waals surface area contributed by atoms with Gasteiger partial charge < -0.3 is 10.6 Å². The van der Waals surface area contributed by atoms with Gasteiger partial charge in [-0.3, -0.25) is 0 Å². The van der Waals surface area contributed by atoms with E-state index in [-0.39, 0.29) is 12.1 Å². The summed E-state index contributed by atoms with van der Waals surface area (Å²) in [7, 11) is 0. The van der Waals surface area contributed by atoms with Gasteiger partial charge >= 0.3 is 0 Å². The van der Waals surface area contributed by atoms with E-state index in [0.717, 1.165) is 12.1 Å². The second-order valence-electron chi connectivity index (χ2n) is 5.97. The Balaban J connectivity index is 1.82. The number of benzene rings is 2. The van der Waals surface area contributed by atoms with Crippen molar-refractivity contribution in [2.45, 2.75) is 18.6 Å². The van der Waals surface area contributed by atoms with Gasteiger partial charge in [-0.05, 0) is 29.3 Å². The molecule has 0 saturated carbocycles. The fourth-order valence-corrected chi connectivity index (χ4v) is 2.81. The Morgan fingerprint density at radius 2 is 1.77 bits per heavy atom. The van der Waals surface area contributed by atoms with Crippen molar-refractivity contribution in [3.63, 3.8) is 0 Å². The van der Waals surface area contributed by atoms with Crippen molar-refractivity contribution in [2.24, 2.45) is 4.99 Å². The molecule has 3 rings (SSSR count). The van der Waals surface area contributed by atoms with Gasteiger partial charge in [-0.2, -0.15) is 0 Å². The zero-order valence-corrected chi connectivity index (χ0v) is 13.8. The molecule has 1 fully saturated rings. The predicted molar refractivity (Wildman–Crippen MR) is 91.8 cm³/mol. The summed E-state index contributed by atoms with van der Waals surface area (Å²) in [5, 5.41) is 5.99. The standard InChI is InChI=1S/C19H17F4N3/c1-11(9-20)17-18(13-4-2-3-5-14(13)21)26-19(25-17)24-10-12-6-7-15(22)16(23)8-12/h2-8,17-18H,1,9-10H2,(H2,24,25,26)/t17-,18+/m1/s1. The van der Waals surface area contributed by atoms with E-state index < -0.39 is 36.2 Å². The van der Waals surface area contributed by atoms with E-state index in [1.54, 1.807) is 18.2 Å². The Morgan fingerprint density at radius 1 is 1.00 bits per heavy atom. The molecule has 7 heteroatoms. The van der Waals surface area contributed by atoms with Gasteiger partial charge in [0.05, 0.1) is 18.6 Å². The number of rotatable bonds is 5. The number of nitrogens with zero attached hydrogens (tertiary/aromatic N) is 1. The van der Waals surface area contributed by atoms with Crippen LogP contribution in [0.4, 0.5) is 17.6 Å². The summed E-state index contributed by atoms with van der Waals surface area (Å²) in [5.74, 6) is -2.01. The SMILES string of the molecule is C=C(CF)[C@H]1NC(=NCc2ccc(F)c(F)c2)N[C@H]1c1ccccc1F. The average molecular weight is 363 g/mol. The van der Waals surface area contributed by atoms with E-state index in [1.165, 1.54) is 12.1 Å². The van der Waals surface area contributed by atoms with Crippen LogP contribution in [0.1, 0.15) is 17.2 Å². The number of guanidine groups is 1. The lowest BCUT2D eigenvalue weighted by molar-refractivity contribution is 0.476. The molecule has 1 aliphatic heterocycles. The minimum atomic E-state index is -0.956. The lowest BCUT2D eigenvalue weighted by atomic mass is 9.96. The minimum absolute atomic E-state index is 0.0747. The van der Waals surface area contributed by atoms with E-state index in [9.17, 15) is 17.6 Å². The number of alkyl halides is 1. The van der Waals surface area contributed by atoms with Crippen molar-refractivity contribution in [2.75, 3.05) is 6.67 Å². The van der Waals surface area contributed by atoms with Crippen LogP contribution in [-0.4, -0.2) is 18.7 Å². The average Bonchev–Trinajstić information content (AvgIpc) is 3.06. The van der Waals surface area contributed by atoms with E-state index in [0.29, 0.717) is 17.1 Å². The van der Waals surface area contributed by atoms with Gasteiger partial charge in [0.2, 0.25) is 0 Å². The summed E-state index contributed by atoms with van der Waals surface area (Å²) in [6.45, 7) is 3.00. The molecule has 0 amide bonds. The topological polar surface area (TPSA) is 36.4 Å². The van der Waals surface area contributed by atoms with Gasteiger partial charge in [-0.25, -0.2) is 22.6 Å². The third kappa shape index (κ3) is 3.71. The fraction of sp³-hybridized carbons (Fsp3) is 0.211. The second-order valence-corrected chi connectivity index (χ2v) is 5.97. The maximum atomic E-state index is 14.1. The minimum Gasteiger partial charge on any atom is -0.347 e. The van der Waals surface area contributed by atoms with Crippen LogP contribution < -0.4 is 10.6 Å². The highest BCUT2D eigenvalue weighted by molar-refractivity contribution is 5.84. The molecule has 2 atom stereocenters. The predicted octanol–water partition coefficient (Wildman–Crippen LogP) is 3.79. The van der Waals surface area contributed by atoms with Gasteiger partial charge in [0.25, 0.3) is 0 Å². The highest BCUT2D eigenvalue weighted by atomic mass is 19.2. The Kier molecular flexibility index (Phi) is 5.25. The molecule has 2 N–H and O–H groups in total. The van der Waals surface area contributed by atoms with Crippen LogP contribution in [0, 0.1) is 17.5 Å². The molecule has 136 valence electrons. The summed E-state index contributed by atoms with van der Waals surface area (Å²) < 4.78 is 53.5. The van der Waals surface area contributed by atoms with Crippen LogP contribution in [0.25, 0.3) is 0 Å². The van der Waals surface area contributed by atoms with Crippen molar-refractivity contribution < 1.29 is 17.6 Å². The van der Waals surface area contributed by atoms with Crippen LogP contribution in [-0.2, 0) is 6.54 Å². The van der Waals surface area contributed by atoms with Crippen LogP contribution in [0.3, 0.4) is 0 Å². The molecule has 1 saturated heterocycles. The molecular weight excluding hydrogens is 346 g/mol. The molecule has 0 radical (unpaired) electrons. The molecule has 3 nitrogen and oxygen atoms in total. The Morgan fingerprint density at radius 3 is 2.46 bits per heavy atom. The monoisotopic (exact) mass is 363 g/mol. The van der Waals surface area contributed by atoms with Crippen LogP contribution >= 0.6 is 0 Å². The number of nitrogens with one attached hydrogen (secondary N) is 2. The van der Waals surface area contributed by atoms with Crippen LogP contribution in [0.2, 0.25) is 0 Å². The first-order valence-corrected chi connectivity index (χ1v) is 7.99. The third-order valence-corrected chi connectivity index (χ3v) is 4.17. The molecule has 1 heterocycles. The molecule has 2 aromatic carbocycles. The molecule has 0 aromatic heterocycles. The highest BCUT2D eigenvalue weighted by Gasteiger charge is 2.34. The Hall–Kier alpha value is -2.83. The summed E-state index contributed by atoms with van der Waals surface area (Å²) >= 11 is 0. The van der Waals surface area contributed by atoms with Gasteiger partial charge in [0.15, 0.2) is 17.6 Å². The number of hydrogen-bond donors (Lipinski definition) is 2. The Labute approximate surface area is 148 Å². The van der Waals surface area contributed by atoms with Crippen molar-refractivity contribution in [1.82, 2.24) is 10.6 Å². The first-order chi connectivity index (χ1) is 12.5. The van der Waals surface area contributed by atoms with Gasteiger partial charge in [0.1, 0.15) is 12.5 Å². The smallest absolute Gasteiger partial charge is 0.192 e. The van der Waals surface area contributed by atoms with Crippen LogP contribution in [0.5, 0.6) is 0 Å². The zero-order valence-electron chi connectivity index (χ0n) is 13.8.